The summed E-state index contributed by atoms with van der Waals surface area (Å²) in [6.45, 7) is 3.41. The molecule has 0 spiro atoms. The van der Waals surface area contributed by atoms with Crippen LogP contribution in [0.2, 0.25) is 0 Å². The fourth-order valence-corrected chi connectivity index (χ4v) is 4.01. The van der Waals surface area contributed by atoms with Crippen LogP contribution in [0.25, 0.3) is 0 Å². The fraction of sp³-hybridized carbons (Fsp3) is 0.450. The molecule has 0 aliphatic carbocycles. The van der Waals surface area contributed by atoms with Crippen LogP contribution in [-0.2, 0) is 17.8 Å². The number of anilines is 1. The van der Waals surface area contributed by atoms with Crippen LogP contribution in [0.5, 0.6) is 0 Å². The summed E-state index contributed by atoms with van der Waals surface area (Å²) < 4.78 is 0. The Labute approximate surface area is 164 Å². The highest BCUT2D eigenvalue weighted by Crippen LogP contribution is 2.34. The van der Waals surface area contributed by atoms with Crippen molar-refractivity contribution in [2.45, 2.75) is 38.8 Å². The van der Waals surface area contributed by atoms with Crippen molar-refractivity contribution in [2.24, 2.45) is 0 Å². The topological polar surface area (TPSA) is 91.3 Å². The summed E-state index contributed by atoms with van der Waals surface area (Å²) in [4.78, 5) is 42.0. The minimum atomic E-state index is -0.169. The Morgan fingerprint density at radius 3 is 2.82 bits per heavy atom. The van der Waals surface area contributed by atoms with Gasteiger partial charge in [0.25, 0.3) is 5.91 Å². The molecule has 8 nitrogen and oxygen atoms in total. The zero-order valence-electron chi connectivity index (χ0n) is 16.2. The van der Waals surface area contributed by atoms with Gasteiger partial charge in [0.2, 0.25) is 5.91 Å². The number of rotatable bonds is 3. The molecule has 146 valence electrons. The maximum atomic E-state index is 13.0. The summed E-state index contributed by atoms with van der Waals surface area (Å²) in [5.41, 5.74) is 2.51. The second-order valence-corrected chi connectivity index (χ2v) is 7.19. The Balaban J connectivity index is 1.67. The lowest BCUT2D eigenvalue weighted by molar-refractivity contribution is -0.129. The molecule has 8 heteroatoms. The van der Waals surface area contributed by atoms with Crippen molar-refractivity contribution in [2.75, 3.05) is 25.5 Å². The van der Waals surface area contributed by atoms with Crippen LogP contribution >= 0.6 is 0 Å². The molecule has 1 unspecified atom stereocenters. The van der Waals surface area contributed by atoms with Crippen LogP contribution in [0, 0.1) is 0 Å². The van der Waals surface area contributed by atoms with E-state index in [-0.39, 0.29) is 17.9 Å². The molecule has 2 aromatic rings. The molecule has 2 aliphatic rings. The minimum Gasteiger partial charge on any atom is -0.373 e. The molecule has 0 saturated carbocycles. The van der Waals surface area contributed by atoms with Crippen molar-refractivity contribution in [3.63, 3.8) is 0 Å². The van der Waals surface area contributed by atoms with E-state index in [4.69, 9.17) is 9.97 Å². The second kappa shape index (κ2) is 7.53. The van der Waals surface area contributed by atoms with Crippen LogP contribution in [0.3, 0.4) is 0 Å². The van der Waals surface area contributed by atoms with Crippen molar-refractivity contribution in [3.05, 3.63) is 47.2 Å². The average molecular weight is 380 g/mol. The molecule has 28 heavy (non-hydrogen) atoms. The molecular formula is C20H24N6O2. The highest BCUT2D eigenvalue weighted by Gasteiger charge is 2.34. The third kappa shape index (κ3) is 3.30. The molecule has 0 aromatic carbocycles. The third-order valence-corrected chi connectivity index (χ3v) is 5.48. The van der Waals surface area contributed by atoms with E-state index in [1.165, 1.54) is 0 Å². The van der Waals surface area contributed by atoms with Gasteiger partial charge in [0.15, 0.2) is 5.82 Å². The van der Waals surface area contributed by atoms with Crippen molar-refractivity contribution < 1.29 is 9.59 Å². The van der Waals surface area contributed by atoms with Crippen LogP contribution in [0.4, 0.5) is 5.82 Å². The first-order chi connectivity index (χ1) is 13.6. The van der Waals surface area contributed by atoms with E-state index in [2.05, 4.69) is 10.3 Å². The molecule has 2 amide bonds. The monoisotopic (exact) mass is 380 g/mol. The number of carbonyl (C=O) groups is 2. The Bertz CT molecular complexity index is 901. The summed E-state index contributed by atoms with van der Waals surface area (Å²) >= 11 is 0. The van der Waals surface area contributed by atoms with E-state index in [0.29, 0.717) is 31.0 Å². The molecular weight excluding hydrogens is 356 g/mol. The molecule has 0 radical (unpaired) electrons. The summed E-state index contributed by atoms with van der Waals surface area (Å²) in [7, 11) is 1.84. The number of hydrogen-bond acceptors (Lipinski definition) is 6. The Hall–Kier alpha value is -3.03. The highest BCUT2D eigenvalue weighted by molar-refractivity contribution is 5.94. The van der Waals surface area contributed by atoms with Gasteiger partial charge >= 0.3 is 0 Å². The first-order valence-electron chi connectivity index (χ1n) is 9.62. The summed E-state index contributed by atoms with van der Waals surface area (Å²) in [5, 5.41) is 3.17. The quantitative estimate of drug-likeness (QED) is 0.873. The number of hydrogen-bond donors (Lipinski definition) is 1. The predicted molar refractivity (Wildman–Crippen MR) is 104 cm³/mol. The summed E-state index contributed by atoms with van der Waals surface area (Å²) in [6.07, 6.45) is 5.71. The Morgan fingerprint density at radius 1 is 1.25 bits per heavy atom. The molecule has 1 saturated heterocycles. The first kappa shape index (κ1) is 18.3. The maximum Gasteiger partial charge on any atom is 0.256 e. The van der Waals surface area contributed by atoms with Gasteiger partial charge < -0.3 is 15.1 Å². The average Bonchev–Trinajstić information content (AvgIpc) is 3.22. The number of nitrogens with one attached hydrogen (secondary N) is 1. The lowest BCUT2D eigenvalue weighted by Gasteiger charge is -2.30. The van der Waals surface area contributed by atoms with E-state index in [1.807, 2.05) is 11.9 Å². The highest BCUT2D eigenvalue weighted by atomic mass is 16.2. The minimum absolute atomic E-state index is 0.0473. The number of amides is 2. The summed E-state index contributed by atoms with van der Waals surface area (Å²) in [6, 6.07) is 3.38. The van der Waals surface area contributed by atoms with Gasteiger partial charge in [0.05, 0.1) is 23.8 Å². The SMILES string of the molecule is CNc1nc(C2CCCN2C(=O)c2cccnc2)nc2c1CCN(C(C)=O)C2. The molecule has 1 atom stereocenters. The van der Waals surface area contributed by atoms with E-state index in [1.54, 1.807) is 36.4 Å². The molecule has 4 rings (SSSR count). The van der Waals surface area contributed by atoms with Gasteiger partial charge in [0, 0.05) is 45.0 Å². The molecule has 1 fully saturated rings. The number of fused-ring (bicyclic) bond motifs is 1. The van der Waals surface area contributed by atoms with Crippen LogP contribution in [-0.4, -0.2) is 56.7 Å². The standard InChI is InChI=1S/C20H24N6O2/c1-13(27)25-10-7-15-16(12-25)23-19(24-18(15)21-2)17-6-4-9-26(17)20(28)14-5-3-8-22-11-14/h3,5,8,11,17H,4,6-7,9-10,12H2,1-2H3,(H,21,23,24). The van der Waals surface area contributed by atoms with E-state index in [0.717, 1.165) is 36.3 Å². The van der Waals surface area contributed by atoms with Gasteiger partial charge in [-0.25, -0.2) is 9.97 Å². The number of pyridine rings is 1. The molecule has 2 aliphatic heterocycles. The third-order valence-electron chi connectivity index (χ3n) is 5.48. The van der Waals surface area contributed by atoms with Gasteiger partial charge in [0.1, 0.15) is 5.82 Å². The molecule has 0 bridgehead atoms. The lowest BCUT2D eigenvalue weighted by atomic mass is 10.0. The number of likely N-dealkylation sites (tertiary alicyclic amines) is 1. The van der Waals surface area contributed by atoms with Crippen molar-refractivity contribution in [1.29, 1.82) is 0 Å². The molecule has 1 N–H and O–H groups in total. The van der Waals surface area contributed by atoms with Crippen molar-refractivity contribution in [1.82, 2.24) is 24.8 Å². The second-order valence-electron chi connectivity index (χ2n) is 7.19. The molecule has 4 heterocycles. The lowest BCUT2D eigenvalue weighted by Crippen LogP contribution is -2.36. The maximum absolute atomic E-state index is 13.0. The van der Waals surface area contributed by atoms with Crippen LogP contribution < -0.4 is 5.32 Å². The number of nitrogens with zero attached hydrogens (tertiary/aromatic N) is 5. The number of aromatic nitrogens is 3. The van der Waals surface area contributed by atoms with Crippen molar-refractivity contribution in [3.8, 4) is 0 Å². The van der Waals surface area contributed by atoms with E-state index >= 15 is 0 Å². The smallest absolute Gasteiger partial charge is 0.256 e. The van der Waals surface area contributed by atoms with Crippen LogP contribution in [0.1, 0.15) is 53.2 Å². The first-order valence-corrected chi connectivity index (χ1v) is 9.62. The Kier molecular flexibility index (Phi) is 4.93. The Morgan fingerprint density at radius 2 is 2.11 bits per heavy atom. The van der Waals surface area contributed by atoms with Gasteiger partial charge in [-0.3, -0.25) is 14.6 Å². The normalized spacial score (nSPS) is 18.7. The van der Waals surface area contributed by atoms with Crippen LogP contribution in [0.15, 0.2) is 24.5 Å². The zero-order valence-corrected chi connectivity index (χ0v) is 16.2. The fourth-order valence-electron chi connectivity index (χ4n) is 4.01. The van der Waals surface area contributed by atoms with E-state index < -0.39 is 0 Å². The molecule has 2 aromatic heterocycles. The largest absolute Gasteiger partial charge is 0.373 e. The van der Waals surface area contributed by atoms with Crippen molar-refractivity contribution >= 4 is 17.6 Å². The predicted octanol–water partition coefficient (Wildman–Crippen LogP) is 1.80. The van der Waals surface area contributed by atoms with E-state index in [9.17, 15) is 9.59 Å². The van der Waals surface area contributed by atoms with Gasteiger partial charge in [-0.2, -0.15) is 0 Å². The number of carbonyl (C=O) groups excluding carboxylic acids is 2. The zero-order chi connectivity index (χ0) is 19.7. The van der Waals surface area contributed by atoms with Gasteiger partial charge in [-0.1, -0.05) is 0 Å². The van der Waals surface area contributed by atoms with Gasteiger partial charge in [-0.05, 0) is 31.4 Å². The summed E-state index contributed by atoms with van der Waals surface area (Å²) in [5.74, 6) is 1.44. The van der Waals surface area contributed by atoms with Gasteiger partial charge in [-0.15, -0.1) is 0 Å².